The number of hydrogen-bond donors (Lipinski definition) is 2. The highest BCUT2D eigenvalue weighted by molar-refractivity contribution is 5.67. The Bertz CT molecular complexity index is 684. The summed E-state index contributed by atoms with van der Waals surface area (Å²) in [5.74, 6) is 0.344. The quantitative estimate of drug-likeness (QED) is 0.886. The van der Waals surface area contributed by atoms with Crippen LogP contribution in [0.15, 0.2) is 27.6 Å². The first-order valence-electron chi connectivity index (χ1n) is 6.33. The van der Waals surface area contributed by atoms with Crippen LogP contribution >= 0.6 is 0 Å². The van der Waals surface area contributed by atoms with Crippen molar-refractivity contribution in [3.05, 3.63) is 34.6 Å². The normalized spacial score (nSPS) is 11.2. The number of amides is 1. The first kappa shape index (κ1) is 14.8. The van der Waals surface area contributed by atoms with Gasteiger partial charge in [-0.25, -0.2) is 4.79 Å². The molecule has 0 saturated heterocycles. The van der Waals surface area contributed by atoms with Crippen molar-refractivity contribution in [3.8, 4) is 11.4 Å². The van der Waals surface area contributed by atoms with Crippen LogP contribution in [0.25, 0.3) is 11.4 Å². The molecule has 0 aliphatic rings. The van der Waals surface area contributed by atoms with Crippen LogP contribution in [0.3, 0.4) is 0 Å². The van der Waals surface area contributed by atoms with Crippen LogP contribution in [0.1, 0.15) is 26.7 Å². The lowest BCUT2D eigenvalue weighted by Crippen LogP contribution is -2.32. The summed E-state index contributed by atoms with van der Waals surface area (Å²) in [6, 6.07) is 3.24. The molecule has 8 heteroatoms. The molecule has 2 heterocycles. The van der Waals surface area contributed by atoms with E-state index in [-0.39, 0.29) is 23.8 Å². The van der Waals surface area contributed by atoms with E-state index in [0.717, 1.165) is 0 Å². The van der Waals surface area contributed by atoms with E-state index in [1.807, 2.05) is 0 Å². The van der Waals surface area contributed by atoms with Gasteiger partial charge in [0.2, 0.25) is 11.7 Å². The molecule has 0 bridgehead atoms. The minimum atomic E-state index is -0.584. The fourth-order valence-electron chi connectivity index (χ4n) is 1.50. The smallest absolute Gasteiger partial charge is 0.408 e. The number of rotatable bonds is 3. The number of alkyl carbamates (subject to hydrolysis) is 1. The molecule has 0 spiro atoms. The minimum Gasteiger partial charge on any atom is -0.444 e. The zero-order chi connectivity index (χ0) is 15.5. The van der Waals surface area contributed by atoms with E-state index in [1.54, 1.807) is 32.9 Å². The van der Waals surface area contributed by atoms with Crippen LogP contribution < -0.4 is 10.9 Å². The molecule has 0 radical (unpaired) electrons. The molecule has 2 aromatic heterocycles. The Morgan fingerprint density at radius 1 is 1.48 bits per heavy atom. The summed E-state index contributed by atoms with van der Waals surface area (Å²) in [5.41, 5.74) is -0.601. The first-order chi connectivity index (χ1) is 9.85. The van der Waals surface area contributed by atoms with Crippen molar-refractivity contribution in [2.45, 2.75) is 32.9 Å². The van der Waals surface area contributed by atoms with E-state index in [0.29, 0.717) is 5.56 Å². The van der Waals surface area contributed by atoms with Gasteiger partial charge < -0.3 is 19.6 Å². The third-order valence-electron chi connectivity index (χ3n) is 2.31. The van der Waals surface area contributed by atoms with Crippen LogP contribution in [0.4, 0.5) is 4.79 Å². The molecule has 0 saturated carbocycles. The molecule has 0 aliphatic carbocycles. The highest BCUT2D eigenvalue weighted by Crippen LogP contribution is 2.10. The summed E-state index contributed by atoms with van der Waals surface area (Å²) in [6.07, 6.45) is 0.927. The third-order valence-corrected chi connectivity index (χ3v) is 2.31. The Labute approximate surface area is 120 Å². The highest BCUT2D eigenvalue weighted by atomic mass is 16.6. The van der Waals surface area contributed by atoms with E-state index in [9.17, 15) is 9.59 Å². The molecular formula is C13H16N4O4. The van der Waals surface area contributed by atoms with Gasteiger partial charge in [0.25, 0.3) is 5.56 Å². The van der Waals surface area contributed by atoms with Gasteiger partial charge in [0.15, 0.2) is 0 Å². The van der Waals surface area contributed by atoms with Gasteiger partial charge in [-0.2, -0.15) is 4.98 Å². The van der Waals surface area contributed by atoms with Crippen molar-refractivity contribution in [2.75, 3.05) is 0 Å². The van der Waals surface area contributed by atoms with Crippen molar-refractivity contribution in [3.63, 3.8) is 0 Å². The lowest BCUT2D eigenvalue weighted by atomic mass is 10.2. The topological polar surface area (TPSA) is 110 Å². The second-order valence-corrected chi connectivity index (χ2v) is 5.28. The Balaban J connectivity index is 2.00. The lowest BCUT2D eigenvalue weighted by molar-refractivity contribution is 0.0518. The average Bonchev–Trinajstić information content (AvgIpc) is 2.83. The zero-order valence-electron chi connectivity index (χ0n) is 12.0. The largest absolute Gasteiger partial charge is 0.444 e. The molecule has 0 atom stereocenters. The maximum Gasteiger partial charge on any atom is 0.408 e. The van der Waals surface area contributed by atoms with Gasteiger partial charge in [-0.15, -0.1) is 0 Å². The van der Waals surface area contributed by atoms with Crippen LogP contribution in [-0.2, 0) is 11.3 Å². The summed E-state index contributed by atoms with van der Waals surface area (Å²) in [6.45, 7) is 5.31. The Kier molecular flexibility index (Phi) is 4.06. The van der Waals surface area contributed by atoms with Crippen molar-refractivity contribution in [2.24, 2.45) is 0 Å². The summed E-state index contributed by atoms with van der Waals surface area (Å²) in [7, 11) is 0. The summed E-state index contributed by atoms with van der Waals surface area (Å²) in [4.78, 5) is 29.6. The lowest BCUT2D eigenvalue weighted by Gasteiger charge is -2.19. The van der Waals surface area contributed by atoms with Gasteiger partial charge >= 0.3 is 6.09 Å². The van der Waals surface area contributed by atoms with E-state index in [1.165, 1.54) is 6.20 Å². The van der Waals surface area contributed by atoms with Gasteiger partial charge in [0.1, 0.15) is 12.1 Å². The molecule has 2 N–H and O–H groups in total. The van der Waals surface area contributed by atoms with Crippen LogP contribution in [0, 0.1) is 0 Å². The monoisotopic (exact) mass is 292 g/mol. The summed E-state index contributed by atoms with van der Waals surface area (Å²) >= 11 is 0. The first-order valence-corrected chi connectivity index (χ1v) is 6.33. The number of ether oxygens (including phenoxy) is 1. The average molecular weight is 292 g/mol. The Hall–Kier alpha value is -2.64. The van der Waals surface area contributed by atoms with Crippen molar-refractivity contribution < 1.29 is 14.1 Å². The van der Waals surface area contributed by atoms with E-state index >= 15 is 0 Å². The molecule has 0 fully saturated rings. The molecule has 112 valence electrons. The minimum absolute atomic E-state index is 0.0205. The van der Waals surface area contributed by atoms with Gasteiger partial charge in [-0.3, -0.25) is 4.79 Å². The number of aromatic nitrogens is 3. The van der Waals surface area contributed by atoms with E-state index < -0.39 is 11.7 Å². The second-order valence-electron chi connectivity index (χ2n) is 5.28. The van der Waals surface area contributed by atoms with Crippen molar-refractivity contribution in [1.82, 2.24) is 20.4 Å². The molecular weight excluding hydrogens is 276 g/mol. The van der Waals surface area contributed by atoms with Gasteiger partial charge in [0.05, 0.1) is 5.56 Å². The number of hydrogen-bond acceptors (Lipinski definition) is 6. The fraction of sp³-hybridized carbons (Fsp3) is 0.385. The van der Waals surface area contributed by atoms with Crippen LogP contribution in [0.5, 0.6) is 0 Å². The Morgan fingerprint density at radius 2 is 2.24 bits per heavy atom. The molecule has 1 amide bonds. The number of aromatic amines is 1. The van der Waals surface area contributed by atoms with E-state index in [2.05, 4.69) is 20.4 Å². The zero-order valence-corrected chi connectivity index (χ0v) is 12.0. The van der Waals surface area contributed by atoms with Crippen LogP contribution in [0.2, 0.25) is 0 Å². The van der Waals surface area contributed by atoms with Crippen molar-refractivity contribution >= 4 is 6.09 Å². The maximum atomic E-state index is 11.6. The Morgan fingerprint density at radius 3 is 2.90 bits per heavy atom. The van der Waals surface area contributed by atoms with Gasteiger partial charge in [-0.05, 0) is 32.9 Å². The predicted octanol–water partition coefficient (Wildman–Crippen LogP) is 1.45. The predicted molar refractivity (Wildman–Crippen MR) is 73.4 cm³/mol. The standard InChI is InChI=1S/C13H16N4O4/c1-13(2,3)20-12(19)15-7-9-16-10(17-21-9)8-5-4-6-14-11(8)18/h4-6H,7H2,1-3H3,(H,14,18)(H,15,19). The summed E-state index contributed by atoms with van der Waals surface area (Å²) < 4.78 is 10.0. The maximum absolute atomic E-state index is 11.6. The molecule has 0 aromatic carbocycles. The number of carbonyl (C=O) groups is 1. The molecule has 0 aliphatic heterocycles. The molecule has 0 unspecified atom stereocenters. The third kappa shape index (κ3) is 4.16. The molecule has 21 heavy (non-hydrogen) atoms. The van der Waals surface area contributed by atoms with Gasteiger partial charge in [-0.1, -0.05) is 5.16 Å². The number of H-pyrrole nitrogens is 1. The number of nitrogens with zero attached hydrogens (tertiary/aromatic N) is 2. The second kappa shape index (κ2) is 5.78. The molecule has 8 nitrogen and oxygen atoms in total. The fourth-order valence-corrected chi connectivity index (χ4v) is 1.50. The highest BCUT2D eigenvalue weighted by Gasteiger charge is 2.17. The van der Waals surface area contributed by atoms with E-state index in [4.69, 9.17) is 9.26 Å². The summed E-state index contributed by atoms with van der Waals surface area (Å²) in [5, 5.41) is 6.19. The van der Waals surface area contributed by atoms with Crippen molar-refractivity contribution in [1.29, 1.82) is 0 Å². The SMILES string of the molecule is CC(C)(C)OC(=O)NCc1nc(-c2ccc[nH]c2=O)no1. The molecule has 2 rings (SSSR count). The molecule has 2 aromatic rings. The van der Waals surface area contributed by atoms with Crippen LogP contribution in [-0.4, -0.2) is 26.8 Å². The number of nitrogens with one attached hydrogen (secondary N) is 2. The number of pyridine rings is 1. The number of carbonyl (C=O) groups excluding carboxylic acids is 1. The van der Waals surface area contributed by atoms with Gasteiger partial charge in [0, 0.05) is 6.20 Å².